The van der Waals surface area contributed by atoms with Crippen LogP contribution < -0.4 is 9.47 Å². The molecule has 0 atom stereocenters. The van der Waals surface area contributed by atoms with E-state index in [-0.39, 0.29) is 18.3 Å². The Kier molecular flexibility index (Phi) is 6.13. The van der Waals surface area contributed by atoms with Gasteiger partial charge in [0.2, 0.25) is 0 Å². The predicted molar refractivity (Wildman–Crippen MR) is 109 cm³/mol. The van der Waals surface area contributed by atoms with Crippen molar-refractivity contribution in [2.24, 2.45) is 0 Å². The van der Waals surface area contributed by atoms with Crippen molar-refractivity contribution in [2.45, 2.75) is 13.5 Å². The highest BCUT2D eigenvalue weighted by Crippen LogP contribution is 2.33. The molecule has 140 valence electrons. The maximum absolute atomic E-state index is 13.0. The number of methoxy groups -OCH3 is 1. The summed E-state index contributed by atoms with van der Waals surface area (Å²) in [6, 6.07) is 11.4. The Morgan fingerprint density at radius 2 is 1.96 bits per heavy atom. The Bertz CT molecular complexity index is 897. The molecule has 1 saturated heterocycles. The van der Waals surface area contributed by atoms with Gasteiger partial charge in [-0.25, -0.2) is 4.39 Å². The van der Waals surface area contributed by atoms with Crippen LogP contribution in [0.4, 0.5) is 4.39 Å². The molecule has 4 nitrogen and oxygen atoms in total. The predicted octanol–water partition coefficient (Wildman–Crippen LogP) is 4.63. The van der Waals surface area contributed by atoms with Gasteiger partial charge in [0.15, 0.2) is 0 Å². The van der Waals surface area contributed by atoms with Crippen molar-refractivity contribution in [1.29, 1.82) is 0 Å². The van der Waals surface area contributed by atoms with Crippen molar-refractivity contribution in [3.63, 3.8) is 0 Å². The minimum absolute atomic E-state index is 0.0765. The van der Waals surface area contributed by atoms with Gasteiger partial charge in [-0.05, 0) is 55.0 Å². The number of hydrogen-bond donors (Lipinski definition) is 0. The highest BCUT2D eigenvalue weighted by Gasteiger charge is 2.30. The van der Waals surface area contributed by atoms with Gasteiger partial charge in [0.25, 0.3) is 5.91 Å². The molecule has 0 saturated carbocycles. The lowest BCUT2D eigenvalue weighted by Gasteiger charge is -2.11. The molecule has 1 heterocycles. The topological polar surface area (TPSA) is 38.8 Å². The first-order valence-corrected chi connectivity index (χ1v) is 9.55. The zero-order valence-corrected chi connectivity index (χ0v) is 16.5. The molecule has 0 spiro atoms. The number of likely N-dealkylation sites (N-methyl/N-ethyl adjacent to an activating group) is 1. The highest BCUT2D eigenvalue weighted by molar-refractivity contribution is 8.26. The van der Waals surface area contributed by atoms with Gasteiger partial charge in [0.1, 0.15) is 28.2 Å². The molecule has 1 aliphatic rings. The van der Waals surface area contributed by atoms with Crippen LogP contribution in [0.25, 0.3) is 6.08 Å². The highest BCUT2D eigenvalue weighted by atomic mass is 32.2. The Hall–Kier alpha value is -2.38. The zero-order valence-electron chi connectivity index (χ0n) is 14.9. The van der Waals surface area contributed by atoms with E-state index in [1.165, 1.54) is 23.9 Å². The number of nitrogens with zero attached hydrogens (tertiary/aromatic N) is 1. The number of carbonyl (C=O) groups is 1. The number of thioether (sulfide) groups is 1. The maximum atomic E-state index is 13.0. The summed E-state index contributed by atoms with van der Waals surface area (Å²) >= 11 is 6.54. The van der Waals surface area contributed by atoms with Crippen LogP contribution in [0.1, 0.15) is 18.1 Å². The molecule has 7 heteroatoms. The van der Waals surface area contributed by atoms with Crippen LogP contribution in [0.2, 0.25) is 0 Å². The fraction of sp³-hybridized carbons (Fsp3) is 0.200. The average Bonchev–Trinajstić information content (AvgIpc) is 2.94. The van der Waals surface area contributed by atoms with E-state index in [0.717, 1.165) is 11.1 Å². The third kappa shape index (κ3) is 4.48. The van der Waals surface area contributed by atoms with Gasteiger partial charge in [0.05, 0.1) is 12.0 Å². The summed E-state index contributed by atoms with van der Waals surface area (Å²) in [5.41, 5.74) is 1.67. The van der Waals surface area contributed by atoms with E-state index >= 15 is 0 Å². The lowest BCUT2D eigenvalue weighted by molar-refractivity contribution is -0.121. The van der Waals surface area contributed by atoms with Gasteiger partial charge in [0, 0.05) is 12.1 Å². The molecule has 2 aromatic carbocycles. The van der Waals surface area contributed by atoms with E-state index in [1.54, 1.807) is 24.1 Å². The fourth-order valence-corrected chi connectivity index (χ4v) is 4.00. The smallest absolute Gasteiger partial charge is 0.266 e. The van der Waals surface area contributed by atoms with Crippen LogP contribution in [0.3, 0.4) is 0 Å². The Morgan fingerprint density at radius 1 is 1.22 bits per heavy atom. The first-order valence-electron chi connectivity index (χ1n) is 8.32. The average molecular weight is 404 g/mol. The Labute approximate surface area is 167 Å². The molecular weight excluding hydrogens is 385 g/mol. The lowest BCUT2D eigenvalue weighted by Crippen LogP contribution is -2.27. The molecule has 0 bridgehead atoms. The monoisotopic (exact) mass is 403 g/mol. The number of benzene rings is 2. The number of rotatable bonds is 6. The number of thiocarbonyl (C=S) groups is 1. The van der Waals surface area contributed by atoms with Gasteiger partial charge in [-0.2, -0.15) is 0 Å². The molecule has 0 N–H and O–H groups in total. The number of carbonyl (C=O) groups excluding carboxylic acids is 1. The molecule has 27 heavy (non-hydrogen) atoms. The largest absolute Gasteiger partial charge is 0.496 e. The minimum Gasteiger partial charge on any atom is -0.496 e. The van der Waals surface area contributed by atoms with Crippen LogP contribution >= 0.6 is 24.0 Å². The molecule has 1 amide bonds. The van der Waals surface area contributed by atoms with Gasteiger partial charge in [-0.1, -0.05) is 30.0 Å². The third-order valence-corrected chi connectivity index (χ3v) is 5.38. The molecular formula is C20H18FNO3S2. The van der Waals surface area contributed by atoms with Crippen LogP contribution in [0.5, 0.6) is 11.5 Å². The molecule has 1 aliphatic heterocycles. The standard InChI is InChI=1S/C20H18FNO3S2/c1-3-22-19(23)18(27-20(22)26)11-13-4-9-17(24-2)14(10-13)12-25-16-7-5-15(21)6-8-16/h4-11H,3,12H2,1-2H3/b18-11-. The summed E-state index contributed by atoms with van der Waals surface area (Å²) in [4.78, 5) is 14.5. The van der Waals surface area contributed by atoms with Crippen molar-refractivity contribution < 1.29 is 18.7 Å². The van der Waals surface area contributed by atoms with Crippen molar-refractivity contribution in [3.05, 3.63) is 64.3 Å². The molecule has 1 fully saturated rings. The van der Waals surface area contributed by atoms with Crippen molar-refractivity contribution in [1.82, 2.24) is 4.90 Å². The minimum atomic E-state index is -0.314. The van der Waals surface area contributed by atoms with E-state index in [2.05, 4.69) is 0 Å². The van der Waals surface area contributed by atoms with Gasteiger partial charge >= 0.3 is 0 Å². The normalized spacial score (nSPS) is 15.5. The summed E-state index contributed by atoms with van der Waals surface area (Å²) < 4.78 is 24.7. The van der Waals surface area contributed by atoms with Crippen LogP contribution in [-0.2, 0) is 11.4 Å². The number of amides is 1. The summed E-state index contributed by atoms with van der Waals surface area (Å²) in [5, 5.41) is 0. The molecule has 2 aromatic rings. The molecule has 0 aromatic heterocycles. The van der Waals surface area contributed by atoms with Gasteiger partial charge in [-0.15, -0.1) is 0 Å². The van der Waals surface area contributed by atoms with Crippen molar-refractivity contribution in [2.75, 3.05) is 13.7 Å². The Morgan fingerprint density at radius 3 is 2.59 bits per heavy atom. The summed E-state index contributed by atoms with van der Waals surface area (Å²) in [7, 11) is 1.59. The molecule has 0 unspecified atom stereocenters. The first kappa shape index (κ1) is 19.4. The van der Waals surface area contributed by atoms with Gasteiger partial charge in [-0.3, -0.25) is 9.69 Å². The second-order valence-electron chi connectivity index (χ2n) is 5.74. The van der Waals surface area contributed by atoms with E-state index in [0.29, 0.717) is 27.3 Å². The number of ether oxygens (including phenoxy) is 2. The van der Waals surface area contributed by atoms with Crippen LogP contribution in [-0.4, -0.2) is 28.8 Å². The lowest BCUT2D eigenvalue weighted by atomic mass is 10.1. The third-order valence-electron chi connectivity index (χ3n) is 4.00. The molecule has 3 rings (SSSR count). The Balaban J connectivity index is 1.81. The number of halogens is 1. The maximum Gasteiger partial charge on any atom is 0.266 e. The SMILES string of the molecule is CCN1C(=O)/C(=C/c2ccc(OC)c(COc3ccc(F)cc3)c2)SC1=S. The zero-order chi connectivity index (χ0) is 19.4. The van der Waals surface area contributed by atoms with Crippen molar-refractivity contribution >= 4 is 40.3 Å². The van der Waals surface area contributed by atoms with Crippen LogP contribution in [0, 0.1) is 5.82 Å². The van der Waals surface area contributed by atoms with E-state index in [9.17, 15) is 9.18 Å². The summed E-state index contributed by atoms with van der Waals surface area (Å²) in [6.07, 6.45) is 1.82. The van der Waals surface area contributed by atoms with E-state index in [4.69, 9.17) is 21.7 Å². The first-order chi connectivity index (χ1) is 13.0. The summed E-state index contributed by atoms with van der Waals surface area (Å²) in [6.45, 7) is 2.71. The van der Waals surface area contributed by atoms with Crippen molar-refractivity contribution in [3.8, 4) is 11.5 Å². The molecule has 0 radical (unpaired) electrons. The van der Waals surface area contributed by atoms with E-state index < -0.39 is 0 Å². The second-order valence-corrected chi connectivity index (χ2v) is 7.42. The summed E-state index contributed by atoms with van der Waals surface area (Å²) in [5.74, 6) is 0.849. The van der Waals surface area contributed by atoms with Gasteiger partial charge < -0.3 is 9.47 Å². The number of hydrogen-bond acceptors (Lipinski definition) is 5. The quantitative estimate of drug-likeness (QED) is 0.519. The second kappa shape index (κ2) is 8.54. The fourth-order valence-electron chi connectivity index (χ4n) is 2.62. The van der Waals surface area contributed by atoms with E-state index in [1.807, 2.05) is 31.2 Å². The van der Waals surface area contributed by atoms with Crippen LogP contribution in [0.15, 0.2) is 47.4 Å². The molecule has 0 aliphatic carbocycles.